The molecule has 0 radical (unpaired) electrons. The van der Waals surface area contributed by atoms with Crippen molar-refractivity contribution in [1.82, 2.24) is 20.2 Å². The summed E-state index contributed by atoms with van der Waals surface area (Å²) in [4.78, 5) is 20.5. The molecule has 4 aromatic rings. The van der Waals surface area contributed by atoms with Crippen LogP contribution in [0.15, 0.2) is 59.9 Å². The number of hydrogen-bond acceptors (Lipinski definition) is 4. The van der Waals surface area contributed by atoms with E-state index in [2.05, 4.69) is 20.2 Å². The number of hydrogen-bond donors (Lipinski definition) is 2. The third-order valence-electron chi connectivity index (χ3n) is 4.30. The van der Waals surface area contributed by atoms with Crippen molar-refractivity contribution in [2.45, 2.75) is 24.3 Å². The molecule has 2 N–H and O–H groups in total. The van der Waals surface area contributed by atoms with Gasteiger partial charge >= 0.3 is 0 Å². The van der Waals surface area contributed by atoms with Gasteiger partial charge in [-0.1, -0.05) is 59.8 Å². The van der Waals surface area contributed by atoms with Crippen molar-refractivity contribution < 1.29 is 4.79 Å². The first-order valence-corrected chi connectivity index (χ1v) is 9.26. The summed E-state index contributed by atoms with van der Waals surface area (Å²) in [6.45, 7) is 3.93. The molecule has 0 saturated carbocycles. The van der Waals surface area contributed by atoms with Gasteiger partial charge in [-0.25, -0.2) is 4.98 Å². The van der Waals surface area contributed by atoms with E-state index in [4.69, 9.17) is 0 Å². The average molecular weight is 362 g/mol. The summed E-state index contributed by atoms with van der Waals surface area (Å²) in [7, 11) is 0. The summed E-state index contributed by atoms with van der Waals surface area (Å²) >= 11 is 1.36. The van der Waals surface area contributed by atoms with Crippen molar-refractivity contribution in [2.24, 2.45) is 0 Å². The van der Waals surface area contributed by atoms with Gasteiger partial charge in [-0.05, 0) is 19.9 Å². The van der Waals surface area contributed by atoms with E-state index in [0.717, 1.165) is 16.5 Å². The van der Waals surface area contributed by atoms with E-state index in [-0.39, 0.29) is 11.0 Å². The van der Waals surface area contributed by atoms with E-state index < -0.39 is 0 Å². The Hall–Kier alpha value is -2.86. The van der Waals surface area contributed by atoms with E-state index in [1.54, 1.807) is 6.20 Å². The van der Waals surface area contributed by atoms with Gasteiger partial charge in [-0.3, -0.25) is 9.89 Å². The molecule has 130 valence electrons. The van der Waals surface area contributed by atoms with Crippen LogP contribution in [0.4, 0.5) is 0 Å². The standard InChI is InChI=1S/C20H18N4OS/c1-12-7-9-14(10-8-12)19-22-20(24-23-19)26-13(2)18(25)16-11-21-17-6-4-3-5-15(16)17/h3-11,13,21H,1-2H3,(H,22,23,24)/t13-/m0/s1. The Morgan fingerprint density at radius 1 is 1.12 bits per heavy atom. The molecule has 0 aliphatic carbocycles. The van der Waals surface area contributed by atoms with Crippen molar-refractivity contribution in [3.63, 3.8) is 0 Å². The number of benzene rings is 2. The van der Waals surface area contributed by atoms with Gasteiger partial charge in [-0.2, -0.15) is 0 Å². The fourth-order valence-electron chi connectivity index (χ4n) is 2.85. The van der Waals surface area contributed by atoms with Gasteiger partial charge in [0, 0.05) is 28.2 Å². The lowest BCUT2D eigenvalue weighted by atomic mass is 10.1. The van der Waals surface area contributed by atoms with E-state index in [1.165, 1.54) is 17.3 Å². The van der Waals surface area contributed by atoms with Gasteiger partial charge in [-0.15, -0.1) is 5.10 Å². The van der Waals surface area contributed by atoms with Crippen LogP contribution in [0.3, 0.4) is 0 Å². The maximum Gasteiger partial charge on any atom is 0.209 e. The van der Waals surface area contributed by atoms with E-state index in [9.17, 15) is 4.79 Å². The molecular formula is C20H18N4OS. The number of carbonyl (C=O) groups is 1. The molecule has 0 bridgehead atoms. The van der Waals surface area contributed by atoms with Crippen molar-refractivity contribution >= 4 is 28.4 Å². The van der Waals surface area contributed by atoms with Crippen LogP contribution >= 0.6 is 11.8 Å². The monoisotopic (exact) mass is 362 g/mol. The summed E-state index contributed by atoms with van der Waals surface area (Å²) in [5.74, 6) is 0.772. The third-order valence-corrected chi connectivity index (χ3v) is 5.26. The normalized spacial score (nSPS) is 12.4. The van der Waals surface area contributed by atoms with Gasteiger partial charge < -0.3 is 4.98 Å². The highest BCUT2D eigenvalue weighted by atomic mass is 32.2. The van der Waals surface area contributed by atoms with E-state index in [0.29, 0.717) is 16.5 Å². The lowest BCUT2D eigenvalue weighted by Crippen LogP contribution is -2.13. The Morgan fingerprint density at radius 2 is 1.88 bits per heavy atom. The molecule has 0 amide bonds. The zero-order valence-electron chi connectivity index (χ0n) is 14.5. The number of thioether (sulfide) groups is 1. The number of nitrogens with one attached hydrogen (secondary N) is 2. The first-order chi connectivity index (χ1) is 12.6. The summed E-state index contributed by atoms with van der Waals surface area (Å²) in [6.07, 6.45) is 1.78. The van der Waals surface area contributed by atoms with Gasteiger partial charge in [0.2, 0.25) is 5.16 Å². The van der Waals surface area contributed by atoms with Crippen LogP contribution in [0.2, 0.25) is 0 Å². The number of ketones is 1. The molecule has 1 atom stereocenters. The first-order valence-electron chi connectivity index (χ1n) is 8.38. The largest absolute Gasteiger partial charge is 0.360 e. The number of fused-ring (bicyclic) bond motifs is 1. The molecule has 0 saturated heterocycles. The smallest absolute Gasteiger partial charge is 0.209 e. The first kappa shape index (κ1) is 16.6. The molecule has 0 unspecified atom stereocenters. The molecule has 26 heavy (non-hydrogen) atoms. The molecule has 0 spiro atoms. The second kappa shape index (κ2) is 6.80. The summed E-state index contributed by atoms with van der Waals surface area (Å²) in [5, 5.41) is 8.43. The summed E-state index contributed by atoms with van der Waals surface area (Å²) in [5.41, 5.74) is 3.84. The number of rotatable bonds is 5. The molecule has 5 nitrogen and oxygen atoms in total. The zero-order valence-corrected chi connectivity index (χ0v) is 15.3. The average Bonchev–Trinajstić information content (AvgIpc) is 3.29. The van der Waals surface area contributed by atoms with Gasteiger partial charge in [0.25, 0.3) is 0 Å². The second-order valence-electron chi connectivity index (χ2n) is 6.20. The van der Waals surface area contributed by atoms with Gasteiger partial charge in [0.05, 0.1) is 5.25 Å². The fourth-order valence-corrected chi connectivity index (χ4v) is 3.64. The number of aromatic nitrogens is 4. The minimum absolute atomic E-state index is 0.0640. The number of aryl methyl sites for hydroxylation is 1. The highest BCUT2D eigenvalue weighted by molar-refractivity contribution is 8.00. The zero-order chi connectivity index (χ0) is 18.1. The Morgan fingerprint density at radius 3 is 2.69 bits per heavy atom. The van der Waals surface area contributed by atoms with E-state index >= 15 is 0 Å². The van der Waals surface area contributed by atoms with Crippen molar-refractivity contribution in [3.05, 3.63) is 65.9 Å². The highest BCUT2D eigenvalue weighted by Crippen LogP contribution is 2.27. The predicted octanol–water partition coefficient (Wildman–Crippen LogP) is 4.62. The lowest BCUT2D eigenvalue weighted by Gasteiger charge is -2.06. The molecule has 2 heterocycles. The van der Waals surface area contributed by atoms with Crippen molar-refractivity contribution in [1.29, 1.82) is 0 Å². The van der Waals surface area contributed by atoms with Crippen LogP contribution in [0, 0.1) is 6.92 Å². The van der Waals surface area contributed by atoms with Crippen LogP contribution in [-0.4, -0.2) is 31.2 Å². The third kappa shape index (κ3) is 3.15. The number of aromatic amines is 2. The molecule has 6 heteroatoms. The quantitative estimate of drug-likeness (QED) is 0.401. The molecule has 0 fully saturated rings. The van der Waals surface area contributed by atoms with Crippen LogP contribution < -0.4 is 0 Å². The molecule has 0 aliphatic rings. The minimum Gasteiger partial charge on any atom is -0.360 e. The van der Waals surface area contributed by atoms with Crippen LogP contribution in [0.25, 0.3) is 22.3 Å². The van der Waals surface area contributed by atoms with Crippen molar-refractivity contribution in [2.75, 3.05) is 0 Å². The predicted molar refractivity (Wildman–Crippen MR) is 105 cm³/mol. The van der Waals surface area contributed by atoms with Crippen LogP contribution in [0.1, 0.15) is 22.8 Å². The Bertz CT molecular complexity index is 1060. The summed E-state index contributed by atoms with van der Waals surface area (Å²) < 4.78 is 0. The molecule has 2 aromatic carbocycles. The fraction of sp³-hybridized carbons (Fsp3) is 0.150. The Balaban J connectivity index is 1.52. The van der Waals surface area contributed by atoms with Crippen LogP contribution in [0.5, 0.6) is 0 Å². The molecule has 4 rings (SSSR count). The highest BCUT2D eigenvalue weighted by Gasteiger charge is 2.21. The number of H-pyrrole nitrogens is 2. The van der Waals surface area contributed by atoms with Crippen molar-refractivity contribution in [3.8, 4) is 11.4 Å². The van der Waals surface area contributed by atoms with Gasteiger partial charge in [0.15, 0.2) is 11.6 Å². The number of nitrogens with zero attached hydrogens (tertiary/aromatic N) is 2. The Kier molecular flexibility index (Phi) is 4.34. The summed E-state index contributed by atoms with van der Waals surface area (Å²) in [6, 6.07) is 15.9. The number of Topliss-reactive ketones (excluding diaryl/α,β-unsaturated/α-hetero) is 1. The maximum absolute atomic E-state index is 12.8. The molecule has 2 aromatic heterocycles. The molecule has 0 aliphatic heterocycles. The molecular weight excluding hydrogens is 344 g/mol. The minimum atomic E-state index is -0.282. The SMILES string of the molecule is Cc1ccc(-c2nc(S[C@@H](C)C(=O)c3c[nH]c4ccccc34)n[nH]2)cc1. The number of para-hydroxylation sites is 1. The number of carbonyl (C=O) groups excluding carboxylic acids is 1. The van der Waals surface area contributed by atoms with Crippen LogP contribution in [-0.2, 0) is 0 Å². The lowest BCUT2D eigenvalue weighted by molar-refractivity contribution is 0.0995. The maximum atomic E-state index is 12.8. The Labute approximate surface area is 155 Å². The topological polar surface area (TPSA) is 74.4 Å². The van der Waals surface area contributed by atoms with E-state index in [1.807, 2.05) is 62.4 Å². The van der Waals surface area contributed by atoms with Gasteiger partial charge in [0.1, 0.15) is 0 Å². The second-order valence-corrected chi connectivity index (χ2v) is 7.51.